The molecule has 0 radical (unpaired) electrons. The van der Waals surface area contributed by atoms with Crippen molar-refractivity contribution < 1.29 is 14.6 Å². The first kappa shape index (κ1) is 10.5. The lowest BCUT2D eigenvalue weighted by atomic mass is 10.2. The van der Waals surface area contributed by atoms with Crippen LogP contribution in [0.25, 0.3) is 0 Å². The first-order valence-corrected chi connectivity index (χ1v) is 4.34. The molecule has 0 aliphatic rings. The minimum atomic E-state index is -0.196. The summed E-state index contributed by atoms with van der Waals surface area (Å²) in [5.41, 5.74) is 0.475. The molecule has 0 spiro atoms. The Kier molecular flexibility index (Phi) is 3.94. The summed E-state index contributed by atoms with van der Waals surface area (Å²) in [6.45, 7) is 0.121. The van der Waals surface area contributed by atoms with E-state index in [0.29, 0.717) is 11.3 Å². The van der Waals surface area contributed by atoms with Crippen LogP contribution in [0.5, 0.6) is 5.75 Å². The van der Waals surface area contributed by atoms with Gasteiger partial charge in [0.2, 0.25) is 0 Å². The molecule has 0 atom stereocenters. The van der Waals surface area contributed by atoms with Gasteiger partial charge in [0.15, 0.2) is 0 Å². The van der Waals surface area contributed by atoms with Gasteiger partial charge in [-0.05, 0) is 12.1 Å². The van der Waals surface area contributed by atoms with E-state index >= 15 is 0 Å². The third kappa shape index (κ3) is 2.47. The highest BCUT2D eigenvalue weighted by molar-refractivity contribution is 5.96. The molecule has 1 rings (SSSR count). The van der Waals surface area contributed by atoms with E-state index in [-0.39, 0.29) is 19.1 Å². The number of aliphatic hydroxyl groups is 1. The Morgan fingerprint density at radius 1 is 1.50 bits per heavy atom. The minimum absolute atomic E-state index is 0.0674. The normalized spacial score (nSPS) is 9.57. The molecule has 4 nitrogen and oxygen atoms in total. The predicted octanol–water partition coefficient (Wildman–Crippen LogP) is 0.417. The van der Waals surface area contributed by atoms with E-state index in [1.54, 1.807) is 31.3 Å². The molecule has 76 valence electrons. The zero-order chi connectivity index (χ0) is 10.4. The summed E-state index contributed by atoms with van der Waals surface area (Å²) in [6, 6.07) is 6.90. The highest BCUT2D eigenvalue weighted by Gasteiger charge is 2.09. The highest BCUT2D eigenvalue weighted by atomic mass is 16.5. The first-order valence-electron chi connectivity index (χ1n) is 4.34. The third-order valence-corrected chi connectivity index (χ3v) is 1.71. The van der Waals surface area contributed by atoms with Crippen molar-refractivity contribution in [1.29, 1.82) is 0 Å². The Hall–Kier alpha value is -1.55. The Bertz CT molecular complexity index is 312. The summed E-state index contributed by atoms with van der Waals surface area (Å²) in [6.07, 6.45) is 0. The van der Waals surface area contributed by atoms with Crippen molar-refractivity contribution in [3.8, 4) is 5.75 Å². The number of carbonyl (C=O) groups excluding carboxylic acids is 1. The molecule has 14 heavy (non-hydrogen) atoms. The van der Waals surface area contributed by atoms with Crippen molar-refractivity contribution in [3.63, 3.8) is 0 Å². The lowest BCUT2D eigenvalue weighted by molar-refractivity contribution is 0.0957. The lowest BCUT2D eigenvalue weighted by Crippen LogP contribution is -2.19. The predicted molar refractivity (Wildman–Crippen MR) is 52.4 cm³/mol. The van der Waals surface area contributed by atoms with Crippen LogP contribution in [0.4, 0.5) is 0 Å². The van der Waals surface area contributed by atoms with Crippen LogP contribution in [-0.4, -0.2) is 31.3 Å². The maximum atomic E-state index is 11.3. The molecule has 1 amide bonds. The quantitative estimate of drug-likeness (QED) is 0.732. The van der Waals surface area contributed by atoms with Crippen molar-refractivity contribution >= 4 is 5.91 Å². The molecule has 2 N–H and O–H groups in total. The van der Waals surface area contributed by atoms with Gasteiger partial charge in [0.05, 0.1) is 12.2 Å². The smallest absolute Gasteiger partial charge is 0.254 e. The molecule has 0 aliphatic carbocycles. The molecule has 0 saturated carbocycles. The number of nitrogens with one attached hydrogen (secondary N) is 1. The van der Waals surface area contributed by atoms with E-state index in [1.165, 1.54) is 0 Å². The number of para-hydroxylation sites is 1. The van der Waals surface area contributed by atoms with Crippen molar-refractivity contribution in [3.05, 3.63) is 29.8 Å². The van der Waals surface area contributed by atoms with Gasteiger partial charge < -0.3 is 15.2 Å². The number of hydrogen-bond donors (Lipinski definition) is 2. The maximum absolute atomic E-state index is 11.3. The molecule has 0 heterocycles. The van der Waals surface area contributed by atoms with E-state index in [4.69, 9.17) is 9.84 Å². The van der Waals surface area contributed by atoms with Crippen LogP contribution in [0, 0.1) is 0 Å². The third-order valence-electron chi connectivity index (χ3n) is 1.71. The second kappa shape index (κ2) is 5.24. The van der Waals surface area contributed by atoms with Crippen LogP contribution in [0.3, 0.4) is 0 Å². The van der Waals surface area contributed by atoms with Gasteiger partial charge in [-0.15, -0.1) is 0 Å². The van der Waals surface area contributed by atoms with Gasteiger partial charge >= 0.3 is 0 Å². The summed E-state index contributed by atoms with van der Waals surface area (Å²) in [7, 11) is 1.56. The fourth-order valence-electron chi connectivity index (χ4n) is 1.07. The molecular formula is C10H13NO3. The number of ether oxygens (including phenoxy) is 1. The molecule has 4 heteroatoms. The second-order valence-corrected chi connectivity index (χ2v) is 2.65. The summed E-state index contributed by atoms with van der Waals surface area (Å²) >= 11 is 0. The van der Waals surface area contributed by atoms with E-state index in [1.807, 2.05) is 0 Å². The topological polar surface area (TPSA) is 58.6 Å². The Balaban J connectivity index is 2.85. The van der Waals surface area contributed by atoms with Crippen LogP contribution in [0.2, 0.25) is 0 Å². The Morgan fingerprint density at radius 2 is 2.21 bits per heavy atom. The average molecular weight is 195 g/mol. The fourth-order valence-corrected chi connectivity index (χ4v) is 1.07. The summed E-state index contributed by atoms with van der Waals surface area (Å²) in [5.74, 6) is 0.291. The van der Waals surface area contributed by atoms with Crippen LogP contribution in [-0.2, 0) is 0 Å². The molecule has 0 bridgehead atoms. The van der Waals surface area contributed by atoms with E-state index in [0.717, 1.165) is 0 Å². The van der Waals surface area contributed by atoms with Crippen molar-refractivity contribution in [2.45, 2.75) is 0 Å². The number of rotatable bonds is 4. The van der Waals surface area contributed by atoms with Crippen LogP contribution in [0.1, 0.15) is 10.4 Å². The van der Waals surface area contributed by atoms with Crippen molar-refractivity contribution in [2.75, 3.05) is 20.3 Å². The summed E-state index contributed by atoms with van der Waals surface area (Å²) in [5, 5.41) is 11.1. The minimum Gasteiger partial charge on any atom is -0.490 e. The molecule has 0 unspecified atom stereocenters. The largest absolute Gasteiger partial charge is 0.490 e. The van der Waals surface area contributed by atoms with Gasteiger partial charge in [0, 0.05) is 7.05 Å². The van der Waals surface area contributed by atoms with Gasteiger partial charge in [-0.2, -0.15) is 0 Å². The van der Waals surface area contributed by atoms with E-state index in [9.17, 15) is 4.79 Å². The van der Waals surface area contributed by atoms with E-state index < -0.39 is 0 Å². The van der Waals surface area contributed by atoms with Gasteiger partial charge in [-0.25, -0.2) is 0 Å². The highest BCUT2D eigenvalue weighted by Crippen LogP contribution is 2.17. The standard InChI is InChI=1S/C10H13NO3/c1-11-10(13)8-4-2-3-5-9(8)14-7-6-12/h2-5,12H,6-7H2,1H3,(H,11,13). The Morgan fingerprint density at radius 3 is 2.86 bits per heavy atom. The lowest BCUT2D eigenvalue weighted by Gasteiger charge is -2.08. The zero-order valence-corrected chi connectivity index (χ0v) is 7.99. The van der Waals surface area contributed by atoms with Crippen molar-refractivity contribution in [1.82, 2.24) is 5.32 Å². The van der Waals surface area contributed by atoms with Crippen LogP contribution < -0.4 is 10.1 Å². The number of benzene rings is 1. The first-order chi connectivity index (χ1) is 6.79. The summed E-state index contributed by atoms with van der Waals surface area (Å²) < 4.78 is 5.20. The van der Waals surface area contributed by atoms with Crippen LogP contribution in [0.15, 0.2) is 24.3 Å². The molecule has 1 aromatic rings. The van der Waals surface area contributed by atoms with Crippen molar-refractivity contribution in [2.24, 2.45) is 0 Å². The van der Waals surface area contributed by atoms with Gasteiger partial charge in [-0.1, -0.05) is 12.1 Å². The monoisotopic (exact) mass is 195 g/mol. The fraction of sp³-hybridized carbons (Fsp3) is 0.300. The SMILES string of the molecule is CNC(=O)c1ccccc1OCCO. The molecule has 1 aromatic carbocycles. The molecule has 0 aromatic heterocycles. The number of amides is 1. The van der Waals surface area contributed by atoms with Gasteiger partial charge in [-0.3, -0.25) is 4.79 Å². The number of hydrogen-bond acceptors (Lipinski definition) is 3. The van der Waals surface area contributed by atoms with Crippen LogP contribution >= 0.6 is 0 Å². The van der Waals surface area contributed by atoms with E-state index in [2.05, 4.69) is 5.32 Å². The number of carbonyl (C=O) groups is 1. The molecule has 0 aliphatic heterocycles. The second-order valence-electron chi connectivity index (χ2n) is 2.65. The number of aliphatic hydroxyl groups excluding tert-OH is 1. The summed E-state index contributed by atoms with van der Waals surface area (Å²) in [4.78, 5) is 11.3. The molecule has 0 fully saturated rings. The molecule has 0 saturated heterocycles. The van der Waals surface area contributed by atoms with Gasteiger partial charge in [0.1, 0.15) is 12.4 Å². The average Bonchev–Trinajstić information content (AvgIpc) is 2.25. The van der Waals surface area contributed by atoms with Gasteiger partial charge in [0.25, 0.3) is 5.91 Å². The zero-order valence-electron chi connectivity index (χ0n) is 7.99. The Labute approximate surface area is 82.5 Å². The molecular weight excluding hydrogens is 182 g/mol. The maximum Gasteiger partial charge on any atom is 0.254 e.